The molecule has 0 amide bonds. The smallest absolute Gasteiger partial charge is 0.303 e. The van der Waals surface area contributed by atoms with E-state index in [9.17, 15) is 19.8 Å². The van der Waals surface area contributed by atoms with Crippen LogP contribution in [-0.4, -0.2) is 58.5 Å². The van der Waals surface area contributed by atoms with Gasteiger partial charge in [0.25, 0.3) is 0 Å². The van der Waals surface area contributed by atoms with E-state index in [4.69, 9.17) is 9.47 Å². The molecule has 0 aliphatic rings. The van der Waals surface area contributed by atoms with Crippen LogP contribution >= 0.6 is 0 Å². The summed E-state index contributed by atoms with van der Waals surface area (Å²) < 4.78 is 10.3. The molecule has 0 spiro atoms. The van der Waals surface area contributed by atoms with Crippen molar-refractivity contribution in [3.8, 4) is 11.5 Å². The topological polar surface area (TPSA) is 99.5 Å². The van der Waals surface area contributed by atoms with Gasteiger partial charge >= 0.3 is 11.9 Å². The summed E-state index contributed by atoms with van der Waals surface area (Å²) in [5, 5.41) is 20.1. The molecular weight excluding hydrogens is 388 g/mol. The number of hydrogen-bond acceptors (Lipinski definition) is 8. The molecular formula is C22H28N2O6. The maximum Gasteiger partial charge on any atom is 0.303 e. The van der Waals surface area contributed by atoms with Crippen LogP contribution in [0.25, 0.3) is 0 Å². The summed E-state index contributed by atoms with van der Waals surface area (Å²) in [6, 6.07) is 13.9. The Morgan fingerprint density at radius 2 is 1.10 bits per heavy atom. The minimum atomic E-state index is -0.400. The maximum absolute atomic E-state index is 11.3. The van der Waals surface area contributed by atoms with Crippen LogP contribution in [0.4, 0.5) is 0 Å². The standard InChI is InChI=1S/C22H28N2O6/c1-17(25)29-15-23(13-19-7-3-5-9-21(19)27)11-12-24(16-30-18(2)26)14-20-8-4-6-10-22(20)28/h3-10,27-28H,11-16H2,1-2H3. The van der Waals surface area contributed by atoms with Crippen molar-refractivity contribution in [3.05, 3.63) is 59.7 Å². The summed E-state index contributed by atoms with van der Waals surface area (Å²) in [7, 11) is 0. The molecule has 0 heterocycles. The predicted molar refractivity (Wildman–Crippen MR) is 110 cm³/mol. The van der Waals surface area contributed by atoms with Crippen LogP contribution in [0.2, 0.25) is 0 Å². The van der Waals surface area contributed by atoms with Crippen molar-refractivity contribution in [2.24, 2.45) is 0 Å². The number of phenols is 2. The number of para-hydroxylation sites is 2. The van der Waals surface area contributed by atoms with Crippen LogP contribution in [0.1, 0.15) is 25.0 Å². The number of rotatable bonds is 11. The number of ether oxygens (including phenoxy) is 2. The SMILES string of the molecule is CC(=O)OCN(CCN(COC(C)=O)Cc1ccccc1O)Cc1ccccc1O. The van der Waals surface area contributed by atoms with Crippen LogP contribution in [0.15, 0.2) is 48.5 Å². The normalized spacial score (nSPS) is 10.9. The summed E-state index contributed by atoms with van der Waals surface area (Å²) >= 11 is 0. The Labute approximate surface area is 176 Å². The first-order valence-electron chi connectivity index (χ1n) is 9.60. The van der Waals surface area contributed by atoms with Crippen molar-refractivity contribution in [3.63, 3.8) is 0 Å². The van der Waals surface area contributed by atoms with E-state index in [2.05, 4.69) is 0 Å². The van der Waals surface area contributed by atoms with Gasteiger partial charge in [-0.15, -0.1) is 0 Å². The Balaban J connectivity index is 2.07. The van der Waals surface area contributed by atoms with Crippen LogP contribution in [-0.2, 0) is 32.2 Å². The van der Waals surface area contributed by atoms with Crippen molar-refractivity contribution in [2.75, 3.05) is 26.6 Å². The van der Waals surface area contributed by atoms with E-state index in [0.29, 0.717) is 37.3 Å². The molecule has 0 saturated heterocycles. The number of nitrogens with zero attached hydrogens (tertiary/aromatic N) is 2. The average molecular weight is 416 g/mol. The first kappa shape index (κ1) is 23.2. The second-order valence-electron chi connectivity index (χ2n) is 6.89. The zero-order valence-electron chi connectivity index (χ0n) is 17.3. The number of phenolic OH excluding ortho intramolecular Hbond substituents is 2. The number of benzene rings is 2. The highest BCUT2D eigenvalue weighted by Gasteiger charge is 2.15. The van der Waals surface area contributed by atoms with Gasteiger partial charge in [0.05, 0.1) is 0 Å². The third-order valence-corrected chi connectivity index (χ3v) is 4.40. The Hall–Kier alpha value is -3.10. The number of hydrogen-bond donors (Lipinski definition) is 2. The molecule has 0 saturated carbocycles. The molecule has 30 heavy (non-hydrogen) atoms. The molecule has 2 N–H and O–H groups in total. The van der Waals surface area contributed by atoms with Crippen LogP contribution in [0.3, 0.4) is 0 Å². The Morgan fingerprint density at radius 3 is 1.43 bits per heavy atom. The van der Waals surface area contributed by atoms with E-state index in [-0.39, 0.29) is 25.0 Å². The quantitative estimate of drug-likeness (QED) is 0.426. The molecule has 2 rings (SSSR count). The molecule has 0 aromatic heterocycles. The molecule has 0 radical (unpaired) electrons. The molecule has 8 nitrogen and oxygen atoms in total. The first-order valence-corrected chi connectivity index (χ1v) is 9.60. The van der Waals surface area contributed by atoms with Gasteiger partial charge in [-0.2, -0.15) is 0 Å². The van der Waals surface area contributed by atoms with Crippen LogP contribution in [0.5, 0.6) is 11.5 Å². The molecule has 2 aromatic carbocycles. The maximum atomic E-state index is 11.3. The van der Waals surface area contributed by atoms with Crippen molar-refractivity contribution in [1.29, 1.82) is 0 Å². The second kappa shape index (κ2) is 11.8. The summed E-state index contributed by atoms with van der Waals surface area (Å²) in [6.45, 7) is 4.47. The van der Waals surface area contributed by atoms with Gasteiger partial charge in [0, 0.05) is 51.2 Å². The molecule has 2 aromatic rings. The summed E-state index contributed by atoms with van der Waals surface area (Å²) in [4.78, 5) is 26.3. The van der Waals surface area contributed by atoms with Crippen LogP contribution in [0, 0.1) is 0 Å². The fourth-order valence-electron chi connectivity index (χ4n) is 2.80. The first-order chi connectivity index (χ1) is 14.3. The lowest BCUT2D eigenvalue weighted by Crippen LogP contribution is -2.37. The lowest BCUT2D eigenvalue weighted by atomic mass is 10.2. The fourth-order valence-corrected chi connectivity index (χ4v) is 2.80. The Morgan fingerprint density at radius 1 is 0.733 bits per heavy atom. The van der Waals surface area contributed by atoms with Crippen molar-refractivity contribution in [2.45, 2.75) is 26.9 Å². The number of aromatic hydroxyl groups is 2. The highest BCUT2D eigenvalue weighted by atomic mass is 16.5. The van der Waals surface area contributed by atoms with Gasteiger partial charge in [-0.25, -0.2) is 0 Å². The van der Waals surface area contributed by atoms with E-state index in [0.717, 1.165) is 0 Å². The monoisotopic (exact) mass is 416 g/mol. The minimum absolute atomic E-state index is 0.0572. The lowest BCUT2D eigenvalue weighted by molar-refractivity contribution is -0.148. The van der Waals surface area contributed by atoms with Gasteiger partial charge in [-0.1, -0.05) is 36.4 Å². The molecule has 8 heteroatoms. The van der Waals surface area contributed by atoms with E-state index in [1.54, 1.807) is 36.4 Å². The van der Waals surface area contributed by atoms with E-state index < -0.39 is 11.9 Å². The van der Waals surface area contributed by atoms with E-state index >= 15 is 0 Å². The Bertz CT molecular complexity index is 772. The van der Waals surface area contributed by atoms with Gasteiger partial charge < -0.3 is 19.7 Å². The van der Waals surface area contributed by atoms with Gasteiger partial charge in [0.2, 0.25) is 0 Å². The van der Waals surface area contributed by atoms with Gasteiger partial charge in [-0.3, -0.25) is 19.4 Å². The number of carbonyl (C=O) groups excluding carboxylic acids is 2. The van der Waals surface area contributed by atoms with E-state index in [1.165, 1.54) is 13.8 Å². The predicted octanol–water partition coefficient (Wildman–Crippen LogP) is 2.44. The summed E-state index contributed by atoms with van der Waals surface area (Å²) in [5.74, 6) is -0.473. The molecule has 0 bridgehead atoms. The molecule has 0 aliphatic heterocycles. The fraction of sp³-hybridized carbons (Fsp3) is 0.364. The second-order valence-corrected chi connectivity index (χ2v) is 6.89. The average Bonchev–Trinajstić information content (AvgIpc) is 2.70. The van der Waals surface area contributed by atoms with Crippen molar-refractivity contribution < 1.29 is 29.3 Å². The lowest BCUT2D eigenvalue weighted by Gasteiger charge is -2.27. The zero-order chi connectivity index (χ0) is 21.9. The van der Waals surface area contributed by atoms with E-state index in [1.807, 2.05) is 21.9 Å². The van der Waals surface area contributed by atoms with Gasteiger partial charge in [0.1, 0.15) is 25.0 Å². The summed E-state index contributed by atoms with van der Waals surface area (Å²) in [6.07, 6.45) is 0. The molecule has 0 atom stereocenters. The summed E-state index contributed by atoms with van der Waals surface area (Å²) in [5.41, 5.74) is 1.41. The highest BCUT2D eigenvalue weighted by Crippen LogP contribution is 2.19. The molecule has 0 aliphatic carbocycles. The molecule has 0 unspecified atom stereocenters. The van der Waals surface area contributed by atoms with Crippen molar-refractivity contribution in [1.82, 2.24) is 9.80 Å². The van der Waals surface area contributed by atoms with Crippen LogP contribution < -0.4 is 0 Å². The number of carbonyl (C=O) groups is 2. The third kappa shape index (κ3) is 8.10. The number of esters is 2. The van der Waals surface area contributed by atoms with Gasteiger partial charge in [0.15, 0.2) is 0 Å². The molecule has 162 valence electrons. The zero-order valence-corrected chi connectivity index (χ0v) is 17.3. The largest absolute Gasteiger partial charge is 0.508 e. The minimum Gasteiger partial charge on any atom is -0.508 e. The third-order valence-electron chi connectivity index (χ3n) is 4.40. The van der Waals surface area contributed by atoms with Gasteiger partial charge in [-0.05, 0) is 12.1 Å². The highest BCUT2D eigenvalue weighted by molar-refractivity contribution is 5.66. The van der Waals surface area contributed by atoms with Crippen molar-refractivity contribution >= 4 is 11.9 Å². The Kier molecular flexibility index (Phi) is 9.11. The molecule has 0 fully saturated rings.